The van der Waals surface area contributed by atoms with Gasteiger partial charge in [0, 0.05) is 6.54 Å². The van der Waals surface area contributed by atoms with Crippen LogP contribution in [0.1, 0.15) is 18.4 Å². The van der Waals surface area contributed by atoms with Gasteiger partial charge in [-0.3, -0.25) is 4.31 Å². The van der Waals surface area contributed by atoms with Crippen molar-refractivity contribution in [2.75, 3.05) is 10.8 Å². The van der Waals surface area contributed by atoms with Gasteiger partial charge in [0.1, 0.15) is 0 Å². The van der Waals surface area contributed by atoms with E-state index in [1.807, 2.05) is 0 Å². The molecule has 0 unspecified atom stereocenters. The third-order valence-electron chi connectivity index (χ3n) is 3.81. The van der Waals surface area contributed by atoms with E-state index in [-0.39, 0.29) is 18.7 Å². The lowest BCUT2D eigenvalue weighted by atomic mass is 10.2. The fourth-order valence-corrected chi connectivity index (χ4v) is 4.02. The van der Waals surface area contributed by atoms with Gasteiger partial charge in [0.2, 0.25) is 5.82 Å². The molecule has 2 aromatic rings. The normalized spacial score (nSPS) is 11.5. The summed E-state index contributed by atoms with van der Waals surface area (Å²) in [6.07, 6.45) is 2.12. The Morgan fingerprint density at radius 1 is 0.926 bits per heavy atom. The van der Waals surface area contributed by atoms with E-state index in [2.05, 4.69) is 6.58 Å². The first kappa shape index (κ1) is 20.9. The Kier molecular flexibility index (Phi) is 6.25. The van der Waals surface area contributed by atoms with Crippen LogP contribution in [0.25, 0.3) is 0 Å². The molecule has 0 N–H and O–H groups in total. The van der Waals surface area contributed by atoms with Crippen LogP contribution in [0.3, 0.4) is 0 Å². The summed E-state index contributed by atoms with van der Waals surface area (Å²) in [5, 5.41) is 0. The quantitative estimate of drug-likeness (QED) is 0.217. The van der Waals surface area contributed by atoms with E-state index in [1.54, 1.807) is 19.1 Å². The van der Waals surface area contributed by atoms with E-state index in [4.69, 9.17) is 0 Å². The molecule has 0 heterocycles. The number of anilines is 1. The standard InChI is InChI=1S/C18H16F5NO2S/c1-3-4-5-10-24(12-8-6-11(2)7-9-12)27(25,26)18-16(22)14(20)13(19)15(21)17(18)23/h3,6-9H,1,4-5,10H2,2H3. The van der Waals surface area contributed by atoms with Crippen molar-refractivity contribution in [1.29, 1.82) is 0 Å². The molecule has 0 saturated carbocycles. The van der Waals surface area contributed by atoms with Crippen molar-refractivity contribution >= 4 is 15.7 Å². The lowest BCUT2D eigenvalue weighted by Crippen LogP contribution is -2.34. The van der Waals surface area contributed by atoms with Crippen LogP contribution >= 0.6 is 0 Å². The molecule has 2 aromatic carbocycles. The summed E-state index contributed by atoms with van der Waals surface area (Å²) in [6.45, 7) is 5.00. The Labute approximate surface area is 153 Å². The lowest BCUT2D eigenvalue weighted by Gasteiger charge is -2.25. The first-order chi connectivity index (χ1) is 12.6. The average Bonchev–Trinajstić information content (AvgIpc) is 2.63. The second kappa shape index (κ2) is 8.08. The fourth-order valence-electron chi connectivity index (χ4n) is 2.40. The van der Waals surface area contributed by atoms with Gasteiger partial charge in [-0.1, -0.05) is 23.8 Å². The summed E-state index contributed by atoms with van der Waals surface area (Å²) >= 11 is 0. The van der Waals surface area contributed by atoms with Gasteiger partial charge >= 0.3 is 0 Å². The maximum atomic E-state index is 14.1. The van der Waals surface area contributed by atoms with Crippen LogP contribution in [0.4, 0.5) is 27.6 Å². The number of benzene rings is 2. The summed E-state index contributed by atoms with van der Waals surface area (Å²) in [5.74, 6) is -11.8. The molecular weight excluding hydrogens is 389 g/mol. The fraction of sp³-hybridized carbons (Fsp3) is 0.222. The van der Waals surface area contributed by atoms with Crippen molar-refractivity contribution < 1.29 is 30.4 Å². The van der Waals surface area contributed by atoms with Gasteiger partial charge in [0.15, 0.2) is 28.2 Å². The largest absolute Gasteiger partial charge is 0.270 e. The molecular formula is C18H16F5NO2S. The van der Waals surface area contributed by atoms with Crippen LogP contribution in [0.15, 0.2) is 41.8 Å². The van der Waals surface area contributed by atoms with Crippen LogP contribution in [-0.4, -0.2) is 15.0 Å². The number of rotatable bonds is 7. The molecule has 0 aliphatic rings. The van der Waals surface area contributed by atoms with E-state index in [1.165, 1.54) is 18.2 Å². The Morgan fingerprint density at radius 3 is 1.89 bits per heavy atom. The molecule has 0 aliphatic heterocycles. The van der Waals surface area contributed by atoms with Gasteiger partial charge < -0.3 is 0 Å². The number of unbranched alkanes of at least 4 members (excludes halogenated alkanes) is 1. The predicted molar refractivity (Wildman–Crippen MR) is 91.4 cm³/mol. The minimum Gasteiger partial charge on any atom is -0.266 e. The number of nitrogens with zero attached hydrogens (tertiary/aromatic N) is 1. The van der Waals surface area contributed by atoms with Gasteiger partial charge in [-0.15, -0.1) is 6.58 Å². The summed E-state index contributed by atoms with van der Waals surface area (Å²) < 4.78 is 94.7. The van der Waals surface area contributed by atoms with E-state index in [0.717, 1.165) is 5.56 Å². The average molecular weight is 405 g/mol. The van der Waals surface area contributed by atoms with Crippen LogP contribution in [0.5, 0.6) is 0 Å². The maximum absolute atomic E-state index is 14.1. The second-order valence-corrected chi connectivity index (χ2v) is 7.54. The minimum atomic E-state index is -5.07. The van der Waals surface area contributed by atoms with Gasteiger partial charge in [0.05, 0.1) is 5.69 Å². The molecule has 0 bridgehead atoms. The molecule has 0 atom stereocenters. The van der Waals surface area contributed by atoms with Crippen molar-refractivity contribution in [2.45, 2.75) is 24.7 Å². The van der Waals surface area contributed by atoms with Gasteiger partial charge in [0.25, 0.3) is 10.0 Å². The first-order valence-corrected chi connectivity index (χ1v) is 9.28. The number of hydrogen-bond donors (Lipinski definition) is 0. The molecule has 0 fully saturated rings. The lowest BCUT2D eigenvalue weighted by molar-refractivity contribution is 0.357. The van der Waals surface area contributed by atoms with E-state index in [0.29, 0.717) is 10.7 Å². The molecule has 146 valence electrons. The molecule has 3 nitrogen and oxygen atoms in total. The molecule has 27 heavy (non-hydrogen) atoms. The van der Waals surface area contributed by atoms with Crippen molar-refractivity contribution in [3.8, 4) is 0 Å². The summed E-state index contributed by atoms with van der Waals surface area (Å²) in [6, 6.07) is 5.88. The number of halogens is 5. The van der Waals surface area contributed by atoms with Crippen molar-refractivity contribution in [3.63, 3.8) is 0 Å². The van der Waals surface area contributed by atoms with E-state index < -0.39 is 44.0 Å². The highest BCUT2D eigenvalue weighted by Gasteiger charge is 2.37. The summed E-state index contributed by atoms with van der Waals surface area (Å²) in [7, 11) is -5.07. The number of allylic oxidation sites excluding steroid dienone is 1. The third-order valence-corrected chi connectivity index (χ3v) is 5.66. The zero-order valence-electron chi connectivity index (χ0n) is 14.3. The molecule has 0 radical (unpaired) electrons. The number of sulfonamides is 1. The molecule has 0 saturated heterocycles. The van der Waals surface area contributed by atoms with E-state index in [9.17, 15) is 30.4 Å². The summed E-state index contributed by atoms with van der Waals surface area (Å²) in [5.41, 5.74) is 0.826. The smallest absolute Gasteiger partial charge is 0.266 e. The monoisotopic (exact) mass is 405 g/mol. The predicted octanol–water partition coefficient (Wildman–Crippen LogP) is 4.85. The maximum Gasteiger partial charge on any atom is 0.270 e. The first-order valence-electron chi connectivity index (χ1n) is 7.84. The zero-order chi connectivity index (χ0) is 20.4. The molecule has 0 aliphatic carbocycles. The van der Waals surface area contributed by atoms with Crippen molar-refractivity contribution in [3.05, 3.63) is 71.6 Å². The number of hydrogen-bond acceptors (Lipinski definition) is 2. The van der Waals surface area contributed by atoms with Crippen LogP contribution < -0.4 is 4.31 Å². The van der Waals surface area contributed by atoms with Crippen molar-refractivity contribution in [2.24, 2.45) is 0 Å². The van der Waals surface area contributed by atoms with Crippen LogP contribution in [0.2, 0.25) is 0 Å². The SMILES string of the molecule is C=CCCCN(c1ccc(C)cc1)S(=O)(=O)c1c(F)c(F)c(F)c(F)c1F. The van der Waals surface area contributed by atoms with Crippen molar-refractivity contribution in [1.82, 2.24) is 0 Å². The molecule has 2 rings (SSSR count). The van der Waals surface area contributed by atoms with Crippen LogP contribution in [0, 0.1) is 36.0 Å². The second-order valence-electron chi connectivity index (χ2n) is 5.74. The highest BCUT2D eigenvalue weighted by molar-refractivity contribution is 7.92. The molecule has 0 aromatic heterocycles. The Balaban J connectivity index is 2.67. The number of aryl methyl sites for hydroxylation is 1. The highest BCUT2D eigenvalue weighted by Crippen LogP contribution is 2.31. The Bertz CT molecular complexity index is 930. The zero-order valence-corrected chi connectivity index (χ0v) is 15.1. The van der Waals surface area contributed by atoms with Gasteiger partial charge in [-0.2, -0.15) is 0 Å². The van der Waals surface area contributed by atoms with Gasteiger partial charge in [-0.05, 0) is 31.9 Å². The molecule has 9 heteroatoms. The minimum absolute atomic E-state index is 0.0357. The molecule has 0 spiro atoms. The highest BCUT2D eigenvalue weighted by atomic mass is 32.2. The Morgan fingerprint density at radius 2 is 1.41 bits per heavy atom. The third kappa shape index (κ3) is 3.97. The molecule has 0 amide bonds. The topological polar surface area (TPSA) is 37.4 Å². The summed E-state index contributed by atoms with van der Waals surface area (Å²) in [4.78, 5) is -1.88. The Hall–Kier alpha value is -2.42. The van der Waals surface area contributed by atoms with E-state index >= 15 is 0 Å². The van der Waals surface area contributed by atoms with Gasteiger partial charge in [-0.25, -0.2) is 30.4 Å². The van der Waals surface area contributed by atoms with Crippen LogP contribution in [-0.2, 0) is 10.0 Å².